The van der Waals surface area contributed by atoms with Crippen LogP contribution in [-0.4, -0.2) is 59.4 Å². The summed E-state index contributed by atoms with van der Waals surface area (Å²) in [6.07, 6.45) is 3.63. The van der Waals surface area contributed by atoms with Gasteiger partial charge in [0.2, 0.25) is 0 Å². The van der Waals surface area contributed by atoms with E-state index in [-0.39, 0.29) is 0 Å². The quantitative estimate of drug-likeness (QED) is 0.371. The SMILES string of the molecule is CCCN(CCC)CCNCCC[Si](C)(OCC)OCC. The first kappa shape index (κ1) is 21.1. The van der Waals surface area contributed by atoms with Gasteiger partial charge in [0.25, 0.3) is 0 Å². The van der Waals surface area contributed by atoms with E-state index in [9.17, 15) is 0 Å². The molecule has 0 bridgehead atoms. The maximum Gasteiger partial charge on any atom is 0.334 e. The fourth-order valence-electron chi connectivity index (χ4n) is 2.66. The Labute approximate surface area is 133 Å². The Kier molecular flexibility index (Phi) is 13.7. The first-order valence-corrected chi connectivity index (χ1v) is 11.3. The Hall–Kier alpha value is 0.0569. The van der Waals surface area contributed by atoms with Crippen LogP contribution in [0.15, 0.2) is 0 Å². The zero-order chi connectivity index (χ0) is 16.0. The van der Waals surface area contributed by atoms with E-state index in [0.29, 0.717) is 0 Å². The fourth-order valence-corrected chi connectivity index (χ4v) is 5.07. The van der Waals surface area contributed by atoms with Crippen molar-refractivity contribution >= 4 is 8.56 Å². The highest BCUT2D eigenvalue weighted by atomic mass is 28.4. The molecule has 1 N–H and O–H groups in total. The smallest absolute Gasteiger partial charge is 0.334 e. The second-order valence-corrected chi connectivity index (χ2v) is 9.04. The molecule has 0 aromatic rings. The summed E-state index contributed by atoms with van der Waals surface area (Å²) in [4.78, 5) is 2.55. The number of nitrogens with zero attached hydrogens (tertiary/aromatic N) is 1. The first-order valence-electron chi connectivity index (χ1n) is 8.82. The van der Waals surface area contributed by atoms with Gasteiger partial charge in [0.15, 0.2) is 0 Å². The summed E-state index contributed by atoms with van der Waals surface area (Å²) >= 11 is 0. The van der Waals surface area contributed by atoms with Crippen LogP contribution in [0.3, 0.4) is 0 Å². The summed E-state index contributed by atoms with van der Waals surface area (Å²) in [5.41, 5.74) is 0. The van der Waals surface area contributed by atoms with Gasteiger partial charge in [-0.15, -0.1) is 0 Å². The molecule has 0 rings (SSSR count). The predicted molar refractivity (Wildman–Crippen MR) is 94.2 cm³/mol. The monoisotopic (exact) mass is 318 g/mol. The minimum atomic E-state index is -1.91. The average Bonchev–Trinajstić information content (AvgIpc) is 2.43. The van der Waals surface area contributed by atoms with Crippen LogP contribution in [0.1, 0.15) is 47.0 Å². The molecule has 4 nitrogen and oxygen atoms in total. The average molecular weight is 319 g/mol. The minimum absolute atomic E-state index is 0.763. The van der Waals surface area contributed by atoms with Crippen molar-refractivity contribution in [1.82, 2.24) is 10.2 Å². The molecule has 0 aliphatic heterocycles. The molecule has 0 heterocycles. The van der Waals surface area contributed by atoms with Gasteiger partial charge in [-0.05, 0) is 65.3 Å². The van der Waals surface area contributed by atoms with Crippen molar-refractivity contribution in [3.8, 4) is 0 Å². The summed E-state index contributed by atoms with van der Waals surface area (Å²) in [5.74, 6) is 0. The lowest BCUT2D eigenvalue weighted by molar-refractivity contribution is 0.188. The maximum absolute atomic E-state index is 5.86. The lowest BCUT2D eigenvalue weighted by atomic mass is 10.3. The molecule has 0 aliphatic rings. The molecule has 0 aromatic carbocycles. The topological polar surface area (TPSA) is 33.7 Å². The minimum Gasteiger partial charge on any atom is -0.395 e. The Morgan fingerprint density at radius 1 is 0.857 bits per heavy atom. The summed E-state index contributed by atoms with van der Waals surface area (Å²) in [6, 6.07) is 1.08. The molecule has 0 aromatic heterocycles. The van der Waals surface area contributed by atoms with Gasteiger partial charge < -0.3 is 19.1 Å². The molecule has 0 amide bonds. The summed E-state index contributed by atoms with van der Waals surface area (Å²) < 4.78 is 11.7. The molecule has 128 valence electrons. The van der Waals surface area contributed by atoms with Crippen molar-refractivity contribution in [2.75, 3.05) is 45.9 Å². The van der Waals surface area contributed by atoms with Crippen molar-refractivity contribution in [3.05, 3.63) is 0 Å². The van der Waals surface area contributed by atoms with Gasteiger partial charge in [-0.25, -0.2) is 0 Å². The van der Waals surface area contributed by atoms with Gasteiger partial charge >= 0.3 is 8.56 Å². The molecule has 0 aliphatic carbocycles. The predicted octanol–water partition coefficient (Wildman–Crippen LogP) is 3.23. The molecule has 0 radical (unpaired) electrons. The van der Waals surface area contributed by atoms with E-state index in [1.807, 2.05) is 0 Å². The highest BCUT2D eigenvalue weighted by Crippen LogP contribution is 2.15. The van der Waals surface area contributed by atoms with Crippen molar-refractivity contribution in [2.24, 2.45) is 0 Å². The summed E-state index contributed by atoms with van der Waals surface area (Å²) in [5, 5.41) is 3.56. The van der Waals surface area contributed by atoms with Gasteiger partial charge in [-0.1, -0.05) is 13.8 Å². The third-order valence-corrected chi connectivity index (χ3v) is 6.63. The van der Waals surface area contributed by atoms with E-state index in [1.165, 1.54) is 25.9 Å². The van der Waals surface area contributed by atoms with Crippen molar-refractivity contribution < 1.29 is 8.85 Å². The van der Waals surface area contributed by atoms with Gasteiger partial charge in [0, 0.05) is 26.3 Å². The van der Waals surface area contributed by atoms with Crippen LogP contribution in [0.5, 0.6) is 0 Å². The standard InChI is InChI=1S/C16H38N2O2Si/c1-6-13-18(14-7-2)15-12-17-11-10-16-21(5,19-8-3)20-9-4/h17H,6-16H2,1-5H3. The van der Waals surface area contributed by atoms with Crippen LogP contribution < -0.4 is 5.32 Å². The molecule has 21 heavy (non-hydrogen) atoms. The number of hydrogen-bond donors (Lipinski definition) is 1. The Balaban J connectivity index is 3.73. The van der Waals surface area contributed by atoms with Gasteiger partial charge in [-0.2, -0.15) is 0 Å². The van der Waals surface area contributed by atoms with E-state index < -0.39 is 8.56 Å². The summed E-state index contributed by atoms with van der Waals surface area (Å²) in [6.45, 7) is 18.1. The van der Waals surface area contributed by atoms with Crippen LogP contribution in [0.25, 0.3) is 0 Å². The van der Waals surface area contributed by atoms with Crippen LogP contribution in [0, 0.1) is 0 Å². The van der Waals surface area contributed by atoms with E-state index in [0.717, 1.165) is 45.3 Å². The molecule has 0 fully saturated rings. The van der Waals surface area contributed by atoms with Crippen LogP contribution in [0.2, 0.25) is 12.6 Å². The lowest BCUT2D eigenvalue weighted by Gasteiger charge is -2.26. The van der Waals surface area contributed by atoms with Crippen LogP contribution in [0.4, 0.5) is 0 Å². The second-order valence-electron chi connectivity index (χ2n) is 5.70. The van der Waals surface area contributed by atoms with E-state index in [2.05, 4.69) is 44.5 Å². The molecule has 0 atom stereocenters. The van der Waals surface area contributed by atoms with E-state index in [1.54, 1.807) is 0 Å². The fraction of sp³-hybridized carbons (Fsp3) is 1.00. The Morgan fingerprint density at radius 3 is 1.90 bits per heavy atom. The van der Waals surface area contributed by atoms with Crippen LogP contribution >= 0.6 is 0 Å². The van der Waals surface area contributed by atoms with Crippen molar-refractivity contribution in [3.63, 3.8) is 0 Å². The summed E-state index contributed by atoms with van der Waals surface area (Å²) in [7, 11) is -1.91. The maximum atomic E-state index is 5.86. The zero-order valence-electron chi connectivity index (χ0n) is 15.0. The lowest BCUT2D eigenvalue weighted by Crippen LogP contribution is -2.39. The van der Waals surface area contributed by atoms with E-state index in [4.69, 9.17) is 8.85 Å². The van der Waals surface area contributed by atoms with Crippen molar-refractivity contribution in [2.45, 2.75) is 59.5 Å². The second kappa shape index (κ2) is 13.7. The van der Waals surface area contributed by atoms with Crippen molar-refractivity contribution in [1.29, 1.82) is 0 Å². The molecule has 5 heteroatoms. The van der Waals surface area contributed by atoms with Gasteiger partial charge in [0.05, 0.1) is 0 Å². The number of rotatable bonds is 15. The largest absolute Gasteiger partial charge is 0.395 e. The number of nitrogens with one attached hydrogen (secondary N) is 1. The molecule has 0 saturated heterocycles. The first-order chi connectivity index (χ1) is 10.1. The van der Waals surface area contributed by atoms with Gasteiger partial charge in [-0.3, -0.25) is 0 Å². The molecule has 0 unspecified atom stereocenters. The molecular weight excluding hydrogens is 280 g/mol. The molecule has 0 saturated carbocycles. The van der Waals surface area contributed by atoms with Crippen LogP contribution in [-0.2, 0) is 8.85 Å². The highest BCUT2D eigenvalue weighted by Gasteiger charge is 2.29. The Bertz CT molecular complexity index is 218. The highest BCUT2D eigenvalue weighted by molar-refractivity contribution is 6.66. The van der Waals surface area contributed by atoms with Gasteiger partial charge in [0.1, 0.15) is 0 Å². The normalized spacial score (nSPS) is 12.3. The third kappa shape index (κ3) is 11.3. The molecular formula is C16H38N2O2Si. The third-order valence-electron chi connectivity index (χ3n) is 3.57. The molecule has 0 spiro atoms. The van der Waals surface area contributed by atoms with E-state index >= 15 is 0 Å². The zero-order valence-corrected chi connectivity index (χ0v) is 16.0. The Morgan fingerprint density at radius 2 is 1.43 bits per heavy atom. The number of hydrogen-bond acceptors (Lipinski definition) is 4.